The van der Waals surface area contributed by atoms with Crippen LogP contribution < -0.4 is 19.1 Å². The van der Waals surface area contributed by atoms with Crippen molar-refractivity contribution in [2.24, 2.45) is 0 Å². The third-order valence-electron chi connectivity index (χ3n) is 6.86. The SMILES string of the molecule is CC(C)(C)NC(=O)[C@@H](Cc1ccccc1)N(Cc1ccccc1F)C(=O)CCCN(c1ccc2c(c1)OCO2)S(C)(=O)=O. The first-order valence-electron chi connectivity index (χ1n) is 14.1. The van der Waals surface area contributed by atoms with E-state index in [-0.39, 0.29) is 50.6 Å². The average molecular weight is 612 g/mol. The lowest BCUT2D eigenvalue weighted by atomic mass is 10.00. The highest BCUT2D eigenvalue weighted by atomic mass is 32.2. The second-order valence-corrected chi connectivity index (χ2v) is 13.4. The Morgan fingerprint density at radius 3 is 2.33 bits per heavy atom. The van der Waals surface area contributed by atoms with Crippen LogP contribution in [0.4, 0.5) is 10.1 Å². The van der Waals surface area contributed by atoms with Crippen LogP contribution in [0.2, 0.25) is 0 Å². The summed E-state index contributed by atoms with van der Waals surface area (Å²) in [7, 11) is -3.70. The third kappa shape index (κ3) is 8.70. The van der Waals surface area contributed by atoms with Crippen molar-refractivity contribution in [2.75, 3.05) is 23.9 Å². The molecule has 0 fully saturated rings. The van der Waals surface area contributed by atoms with Crippen LogP contribution in [0.5, 0.6) is 11.5 Å². The Balaban J connectivity index is 1.60. The number of fused-ring (bicyclic) bond motifs is 1. The van der Waals surface area contributed by atoms with Crippen molar-refractivity contribution in [3.8, 4) is 11.5 Å². The number of benzene rings is 3. The van der Waals surface area contributed by atoms with E-state index in [0.29, 0.717) is 17.2 Å². The third-order valence-corrected chi connectivity index (χ3v) is 8.06. The molecule has 230 valence electrons. The molecule has 0 spiro atoms. The van der Waals surface area contributed by atoms with Gasteiger partial charge >= 0.3 is 0 Å². The lowest BCUT2D eigenvalue weighted by molar-refractivity contribution is -0.142. The maximum atomic E-state index is 14.8. The molecule has 9 nitrogen and oxygen atoms in total. The highest BCUT2D eigenvalue weighted by molar-refractivity contribution is 7.92. The van der Waals surface area contributed by atoms with Crippen LogP contribution in [-0.4, -0.2) is 56.3 Å². The summed E-state index contributed by atoms with van der Waals surface area (Å²) in [5.41, 5.74) is 0.928. The Hall–Kier alpha value is -4.12. The molecule has 0 aliphatic carbocycles. The van der Waals surface area contributed by atoms with E-state index in [1.54, 1.807) is 36.4 Å². The first kappa shape index (κ1) is 31.8. The van der Waals surface area contributed by atoms with Crippen molar-refractivity contribution in [1.29, 1.82) is 0 Å². The molecule has 1 atom stereocenters. The minimum absolute atomic E-state index is 0.00922. The number of amides is 2. The molecule has 0 unspecified atom stereocenters. The smallest absolute Gasteiger partial charge is 0.243 e. The summed E-state index contributed by atoms with van der Waals surface area (Å²) in [6.07, 6.45) is 1.40. The van der Waals surface area contributed by atoms with Gasteiger partial charge in [-0.25, -0.2) is 12.8 Å². The standard InChI is InChI=1S/C32H38FN3O6S/c1-32(2,3)34-31(38)27(19-23-11-6-5-7-12-23)35(21-24-13-8-9-14-26(24)33)30(37)15-10-18-36(43(4,39)40)25-16-17-28-29(20-25)42-22-41-28/h5-9,11-14,16-17,20,27H,10,15,18-19,21-22H2,1-4H3,(H,34,38)/t27-/m1/s1. The number of ether oxygens (including phenoxy) is 2. The van der Waals surface area contributed by atoms with Crippen molar-refractivity contribution < 1.29 is 31.9 Å². The normalized spacial score (nSPS) is 13.3. The number of rotatable bonds is 12. The first-order valence-corrected chi connectivity index (χ1v) is 15.9. The average Bonchev–Trinajstić information content (AvgIpc) is 3.41. The molecule has 3 aromatic rings. The maximum absolute atomic E-state index is 14.8. The molecule has 3 aromatic carbocycles. The molecule has 0 saturated carbocycles. The molecule has 4 rings (SSSR count). The number of nitrogens with zero attached hydrogens (tertiary/aromatic N) is 2. The predicted molar refractivity (Wildman–Crippen MR) is 163 cm³/mol. The summed E-state index contributed by atoms with van der Waals surface area (Å²) in [6, 6.07) is 19.4. The molecule has 0 radical (unpaired) electrons. The molecule has 1 aliphatic heterocycles. The minimum atomic E-state index is -3.70. The van der Waals surface area contributed by atoms with Gasteiger partial charge in [0.25, 0.3) is 0 Å². The summed E-state index contributed by atoms with van der Waals surface area (Å²) in [5.74, 6) is -0.284. The van der Waals surface area contributed by atoms with Crippen LogP contribution in [-0.2, 0) is 32.6 Å². The summed E-state index contributed by atoms with van der Waals surface area (Å²) in [6.45, 7) is 5.49. The van der Waals surface area contributed by atoms with Crippen LogP contribution in [0.1, 0.15) is 44.7 Å². The van der Waals surface area contributed by atoms with Gasteiger partial charge in [0, 0.05) is 43.1 Å². The largest absolute Gasteiger partial charge is 0.454 e. The number of halogens is 1. The van der Waals surface area contributed by atoms with Crippen LogP contribution in [0.15, 0.2) is 72.8 Å². The number of sulfonamides is 1. The Bertz CT molecular complexity index is 1540. The van der Waals surface area contributed by atoms with E-state index in [0.717, 1.165) is 11.8 Å². The van der Waals surface area contributed by atoms with E-state index in [2.05, 4.69) is 5.32 Å². The Labute approximate surface area is 252 Å². The molecule has 43 heavy (non-hydrogen) atoms. The summed E-state index contributed by atoms with van der Waals surface area (Å²) in [5, 5.41) is 2.98. The summed E-state index contributed by atoms with van der Waals surface area (Å²) >= 11 is 0. The van der Waals surface area contributed by atoms with E-state index in [1.165, 1.54) is 15.3 Å². The number of anilines is 1. The van der Waals surface area contributed by atoms with Gasteiger partial charge in [-0.15, -0.1) is 0 Å². The molecule has 1 aliphatic rings. The monoisotopic (exact) mass is 611 g/mol. The summed E-state index contributed by atoms with van der Waals surface area (Å²) in [4.78, 5) is 29.0. The zero-order valence-electron chi connectivity index (χ0n) is 24.9. The molecule has 0 saturated heterocycles. The highest BCUT2D eigenvalue weighted by Gasteiger charge is 2.33. The number of carbonyl (C=O) groups excluding carboxylic acids is 2. The fourth-order valence-electron chi connectivity index (χ4n) is 4.86. The van der Waals surface area contributed by atoms with Gasteiger partial charge in [0.05, 0.1) is 11.9 Å². The maximum Gasteiger partial charge on any atom is 0.243 e. The van der Waals surface area contributed by atoms with Gasteiger partial charge in [0.15, 0.2) is 11.5 Å². The van der Waals surface area contributed by atoms with E-state index in [1.807, 2.05) is 51.1 Å². The highest BCUT2D eigenvalue weighted by Crippen LogP contribution is 2.36. The zero-order valence-corrected chi connectivity index (χ0v) is 25.7. The molecular formula is C32H38FN3O6S. The van der Waals surface area contributed by atoms with E-state index in [4.69, 9.17) is 9.47 Å². The lowest BCUT2D eigenvalue weighted by Crippen LogP contribution is -2.54. The Morgan fingerprint density at radius 1 is 0.977 bits per heavy atom. The van der Waals surface area contributed by atoms with E-state index < -0.39 is 33.3 Å². The molecule has 1 N–H and O–H groups in total. The number of carbonyl (C=O) groups is 2. The van der Waals surface area contributed by atoms with Gasteiger partial charge in [-0.3, -0.25) is 13.9 Å². The van der Waals surface area contributed by atoms with Gasteiger partial charge in [-0.2, -0.15) is 0 Å². The van der Waals surface area contributed by atoms with Gasteiger partial charge in [-0.1, -0.05) is 48.5 Å². The quantitative estimate of drug-likeness (QED) is 0.320. The van der Waals surface area contributed by atoms with Gasteiger partial charge in [0.2, 0.25) is 28.6 Å². The van der Waals surface area contributed by atoms with Crippen molar-refractivity contribution in [3.05, 3.63) is 89.7 Å². The second-order valence-electron chi connectivity index (χ2n) is 11.5. The van der Waals surface area contributed by atoms with Crippen molar-refractivity contribution in [3.63, 3.8) is 0 Å². The Morgan fingerprint density at radius 2 is 1.65 bits per heavy atom. The number of hydrogen-bond donors (Lipinski definition) is 1. The minimum Gasteiger partial charge on any atom is -0.454 e. The van der Waals surface area contributed by atoms with E-state index >= 15 is 0 Å². The lowest BCUT2D eigenvalue weighted by Gasteiger charge is -2.34. The van der Waals surface area contributed by atoms with Crippen LogP contribution >= 0.6 is 0 Å². The van der Waals surface area contributed by atoms with Crippen LogP contribution in [0.3, 0.4) is 0 Å². The van der Waals surface area contributed by atoms with Gasteiger partial charge in [0.1, 0.15) is 11.9 Å². The molecule has 0 aromatic heterocycles. The topological polar surface area (TPSA) is 105 Å². The molecule has 1 heterocycles. The number of nitrogens with one attached hydrogen (secondary N) is 1. The summed E-state index contributed by atoms with van der Waals surface area (Å²) < 4.78 is 52.2. The number of hydrogen-bond acceptors (Lipinski definition) is 6. The fraction of sp³-hybridized carbons (Fsp3) is 0.375. The van der Waals surface area contributed by atoms with Gasteiger partial charge < -0.3 is 19.7 Å². The van der Waals surface area contributed by atoms with Crippen LogP contribution in [0, 0.1) is 5.82 Å². The first-order chi connectivity index (χ1) is 20.3. The fourth-order valence-corrected chi connectivity index (χ4v) is 5.82. The van der Waals surface area contributed by atoms with Crippen molar-refractivity contribution in [2.45, 2.75) is 58.2 Å². The van der Waals surface area contributed by atoms with E-state index in [9.17, 15) is 22.4 Å². The molecule has 11 heteroatoms. The molecular weight excluding hydrogens is 573 g/mol. The van der Waals surface area contributed by atoms with Crippen LogP contribution in [0.25, 0.3) is 0 Å². The van der Waals surface area contributed by atoms with Gasteiger partial charge in [-0.05, 0) is 51.0 Å². The van der Waals surface area contributed by atoms with Crippen molar-refractivity contribution >= 4 is 27.5 Å². The zero-order chi connectivity index (χ0) is 31.2. The second kappa shape index (κ2) is 13.5. The van der Waals surface area contributed by atoms with Crippen molar-refractivity contribution in [1.82, 2.24) is 10.2 Å². The predicted octanol–water partition coefficient (Wildman–Crippen LogP) is 4.66. The molecule has 2 amide bonds. The molecule has 0 bridgehead atoms. The Kier molecular flexibility index (Phi) is 9.95.